The van der Waals surface area contributed by atoms with Crippen LogP contribution in [-0.4, -0.2) is 17.9 Å². The van der Waals surface area contributed by atoms with E-state index in [1.807, 2.05) is 24.3 Å². The molecular formula is C17H25N3OS. The van der Waals surface area contributed by atoms with Crippen molar-refractivity contribution < 1.29 is 4.74 Å². The summed E-state index contributed by atoms with van der Waals surface area (Å²) in [6.45, 7) is 2.26. The van der Waals surface area contributed by atoms with Crippen LogP contribution in [0.1, 0.15) is 45.4 Å². The molecule has 0 radical (unpaired) electrons. The SMILES string of the molecule is CCCC1CCC(=NNC(=S)Nc2ccccc2OC)CC1. The molecule has 0 atom stereocenters. The topological polar surface area (TPSA) is 45.7 Å². The summed E-state index contributed by atoms with van der Waals surface area (Å²) >= 11 is 5.29. The quantitative estimate of drug-likeness (QED) is 0.626. The Hall–Kier alpha value is -1.62. The van der Waals surface area contributed by atoms with E-state index in [2.05, 4.69) is 22.8 Å². The first-order chi connectivity index (χ1) is 10.7. The molecule has 0 saturated heterocycles. The largest absolute Gasteiger partial charge is 0.495 e. The average molecular weight is 319 g/mol. The lowest BCUT2D eigenvalue weighted by molar-refractivity contribution is 0.408. The zero-order valence-corrected chi connectivity index (χ0v) is 14.2. The van der Waals surface area contributed by atoms with E-state index >= 15 is 0 Å². The van der Waals surface area contributed by atoms with E-state index in [0.29, 0.717) is 5.11 Å². The van der Waals surface area contributed by atoms with Crippen molar-refractivity contribution in [3.8, 4) is 5.75 Å². The van der Waals surface area contributed by atoms with Crippen LogP contribution >= 0.6 is 12.2 Å². The Morgan fingerprint density at radius 2 is 2.05 bits per heavy atom. The molecule has 0 unspecified atom stereocenters. The van der Waals surface area contributed by atoms with Crippen molar-refractivity contribution in [3.63, 3.8) is 0 Å². The monoisotopic (exact) mass is 319 g/mol. The predicted molar refractivity (Wildman–Crippen MR) is 96.7 cm³/mol. The van der Waals surface area contributed by atoms with Crippen LogP contribution in [-0.2, 0) is 0 Å². The molecule has 1 aromatic carbocycles. The average Bonchev–Trinajstić information content (AvgIpc) is 2.55. The van der Waals surface area contributed by atoms with Crippen molar-refractivity contribution >= 4 is 28.7 Å². The first-order valence-corrected chi connectivity index (χ1v) is 8.39. The van der Waals surface area contributed by atoms with Gasteiger partial charge in [0, 0.05) is 5.71 Å². The fourth-order valence-corrected chi connectivity index (χ4v) is 3.00. The van der Waals surface area contributed by atoms with Gasteiger partial charge in [0.2, 0.25) is 0 Å². The Kier molecular flexibility index (Phi) is 6.65. The minimum atomic E-state index is 0.493. The van der Waals surface area contributed by atoms with Crippen molar-refractivity contribution in [2.75, 3.05) is 12.4 Å². The molecule has 0 aromatic heterocycles. The van der Waals surface area contributed by atoms with Crippen molar-refractivity contribution in [1.29, 1.82) is 0 Å². The molecule has 0 amide bonds. The van der Waals surface area contributed by atoms with Crippen molar-refractivity contribution in [2.24, 2.45) is 11.0 Å². The number of para-hydroxylation sites is 2. The molecular weight excluding hydrogens is 294 g/mol. The smallest absolute Gasteiger partial charge is 0.191 e. The second kappa shape index (κ2) is 8.73. The van der Waals surface area contributed by atoms with E-state index in [1.54, 1.807) is 7.11 Å². The lowest BCUT2D eigenvalue weighted by Crippen LogP contribution is -2.26. The van der Waals surface area contributed by atoms with Gasteiger partial charge >= 0.3 is 0 Å². The molecule has 0 heterocycles. The summed E-state index contributed by atoms with van der Waals surface area (Å²) in [6.07, 6.45) is 7.28. The third kappa shape index (κ3) is 4.98. The molecule has 120 valence electrons. The minimum Gasteiger partial charge on any atom is -0.495 e. The lowest BCUT2D eigenvalue weighted by Gasteiger charge is -2.22. The van der Waals surface area contributed by atoms with Crippen LogP contribution in [0.4, 0.5) is 5.69 Å². The van der Waals surface area contributed by atoms with Gasteiger partial charge in [0.05, 0.1) is 12.8 Å². The number of thiocarbonyl (C=S) groups is 1. The molecule has 1 saturated carbocycles. The highest BCUT2D eigenvalue weighted by atomic mass is 32.1. The number of hydrogen-bond acceptors (Lipinski definition) is 3. The number of hydrogen-bond donors (Lipinski definition) is 2. The van der Waals surface area contributed by atoms with Gasteiger partial charge in [-0.15, -0.1) is 0 Å². The number of benzene rings is 1. The van der Waals surface area contributed by atoms with Gasteiger partial charge in [-0.05, 0) is 56.0 Å². The number of ether oxygens (including phenoxy) is 1. The molecule has 2 rings (SSSR count). The van der Waals surface area contributed by atoms with Crippen LogP contribution in [0.3, 0.4) is 0 Å². The highest BCUT2D eigenvalue weighted by Gasteiger charge is 2.16. The third-order valence-electron chi connectivity index (χ3n) is 4.05. The molecule has 22 heavy (non-hydrogen) atoms. The summed E-state index contributed by atoms with van der Waals surface area (Å²) in [6, 6.07) is 7.69. The van der Waals surface area contributed by atoms with Gasteiger partial charge in [-0.1, -0.05) is 31.9 Å². The molecule has 0 bridgehead atoms. The summed E-state index contributed by atoms with van der Waals surface area (Å²) < 4.78 is 5.29. The molecule has 4 nitrogen and oxygen atoms in total. The zero-order valence-electron chi connectivity index (χ0n) is 13.4. The standard InChI is InChI=1S/C17H25N3OS/c1-3-6-13-9-11-14(12-10-13)19-20-17(22)18-15-7-4-5-8-16(15)21-2/h4-5,7-8,13H,3,6,9-12H2,1-2H3,(H2,18,20,22). The van der Waals surface area contributed by atoms with E-state index in [1.165, 1.54) is 31.4 Å². The van der Waals surface area contributed by atoms with E-state index in [0.717, 1.165) is 30.2 Å². The van der Waals surface area contributed by atoms with E-state index < -0.39 is 0 Å². The van der Waals surface area contributed by atoms with Crippen LogP contribution in [0, 0.1) is 5.92 Å². The zero-order chi connectivity index (χ0) is 15.8. The molecule has 0 spiro atoms. The van der Waals surface area contributed by atoms with Crippen LogP contribution in [0.5, 0.6) is 5.75 Å². The van der Waals surface area contributed by atoms with Crippen LogP contribution < -0.4 is 15.5 Å². The highest BCUT2D eigenvalue weighted by Crippen LogP contribution is 2.26. The van der Waals surface area contributed by atoms with Crippen LogP contribution in [0.15, 0.2) is 29.4 Å². The van der Waals surface area contributed by atoms with Crippen LogP contribution in [0.25, 0.3) is 0 Å². The molecule has 1 aliphatic carbocycles. The number of nitrogens with one attached hydrogen (secondary N) is 2. The third-order valence-corrected chi connectivity index (χ3v) is 4.24. The summed E-state index contributed by atoms with van der Waals surface area (Å²) in [5.41, 5.74) is 5.01. The fourth-order valence-electron chi connectivity index (χ4n) is 2.85. The minimum absolute atomic E-state index is 0.493. The van der Waals surface area contributed by atoms with E-state index in [9.17, 15) is 0 Å². The Bertz CT molecular complexity index is 520. The van der Waals surface area contributed by atoms with Crippen molar-refractivity contribution in [2.45, 2.75) is 45.4 Å². The van der Waals surface area contributed by atoms with E-state index in [-0.39, 0.29) is 0 Å². The second-order valence-electron chi connectivity index (χ2n) is 5.68. The number of nitrogens with zero attached hydrogens (tertiary/aromatic N) is 1. The predicted octanol–water partition coefficient (Wildman–Crippen LogP) is 4.33. The van der Waals surface area contributed by atoms with Gasteiger partial charge in [0.25, 0.3) is 0 Å². The van der Waals surface area contributed by atoms with Gasteiger partial charge in [-0.3, -0.25) is 5.43 Å². The molecule has 0 aliphatic heterocycles. The summed E-state index contributed by atoms with van der Waals surface area (Å²) in [5, 5.41) is 8.06. The number of rotatable bonds is 5. The summed E-state index contributed by atoms with van der Waals surface area (Å²) in [7, 11) is 1.64. The maximum atomic E-state index is 5.29. The highest BCUT2D eigenvalue weighted by molar-refractivity contribution is 7.80. The van der Waals surface area contributed by atoms with Crippen molar-refractivity contribution in [1.82, 2.24) is 5.43 Å². The fraction of sp³-hybridized carbons (Fsp3) is 0.529. The van der Waals surface area contributed by atoms with Crippen LogP contribution in [0.2, 0.25) is 0 Å². The Labute approximate surface area is 138 Å². The van der Waals surface area contributed by atoms with Gasteiger partial charge in [0.1, 0.15) is 5.75 Å². The van der Waals surface area contributed by atoms with Gasteiger partial charge in [0.15, 0.2) is 5.11 Å². The van der Waals surface area contributed by atoms with E-state index in [4.69, 9.17) is 17.0 Å². The number of methoxy groups -OCH3 is 1. The molecule has 1 aromatic rings. The number of hydrazone groups is 1. The first-order valence-electron chi connectivity index (χ1n) is 7.98. The molecule has 2 N–H and O–H groups in total. The lowest BCUT2D eigenvalue weighted by atomic mass is 9.85. The summed E-state index contributed by atoms with van der Waals surface area (Å²) in [5.74, 6) is 1.64. The van der Waals surface area contributed by atoms with Gasteiger partial charge in [-0.25, -0.2) is 0 Å². The number of anilines is 1. The normalized spacial score (nSPS) is 17.7. The van der Waals surface area contributed by atoms with Gasteiger partial charge in [-0.2, -0.15) is 5.10 Å². The maximum Gasteiger partial charge on any atom is 0.191 e. The maximum absolute atomic E-state index is 5.29. The Morgan fingerprint density at radius 3 is 2.73 bits per heavy atom. The Balaban J connectivity index is 1.82. The van der Waals surface area contributed by atoms with Crippen molar-refractivity contribution in [3.05, 3.63) is 24.3 Å². The first kappa shape index (κ1) is 16.7. The summed E-state index contributed by atoms with van der Waals surface area (Å²) in [4.78, 5) is 0. The molecule has 1 fully saturated rings. The molecule has 1 aliphatic rings. The second-order valence-corrected chi connectivity index (χ2v) is 6.08. The van der Waals surface area contributed by atoms with Gasteiger partial charge < -0.3 is 10.1 Å². The Morgan fingerprint density at radius 1 is 1.32 bits per heavy atom. The molecule has 5 heteroatoms.